The SMILES string of the molecule is CCOC(=O)c1c(N)c(C(N)=O)nn1-c1ccc(F)cc1. The Bertz CT molecular complexity index is 694. The number of hydrogen-bond donors (Lipinski definition) is 2. The number of hydrogen-bond acceptors (Lipinski definition) is 5. The molecule has 1 heterocycles. The first-order chi connectivity index (χ1) is 9.95. The first-order valence-corrected chi connectivity index (χ1v) is 6.07. The molecule has 0 spiro atoms. The van der Waals surface area contributed by atoms with Gasteiger partial charge in [-0.2, -0.15) is 5.10 Å². The molecule has 110 valence electrons. The number of carbonyl (C=O) groups is 2. The van der Waals surface area contributed by atoms with Gasteiger partial charge in [-0.15, -0.1) is 0 Å². The van der Waals surface area contributed by atoms with E-state index < -0.39 is 17.7 Å². The molecule has 2 aromatic rings. The van der Waals surface area contributed by atoms with Gasteiger partial charge in [0.25, 0.3) is 5.91 Å². The fraction of sp³-hybridized carbons (Fsp3) is 0.154. The third-order valence-electron chi connectivity index (χ3n) is 2.70. The Morgan fingerprint density at radius 2 is 1.95 bits per heavy atom. The minimum absolute atomic E-state index is 0.124. The van der Waals surface area contributed by atoms with E-state index in [1.807, 2.05) is 0 Å². The van der Waals surface area contributed by atoms with E-state index in [0.717, 1.165) is 4.68 Å². The van der Waals surface area contributed by atoms with E-state index in [4.69, 9.17) is 16.2 Å². The highest BCUT2D eigenvalue weighted by molar-refractivity contribution is 6.03. The summed E-state index contributed by atoms with van der Waals surface area (Å²) >= 11 is 0. The minimum atomic E-state index is -0.876. The van der Waals surface area contributed by atoms with Crippen LogP contribution in [0.1, 0.15) is 27.9 Å². The molecule has 0 saturated carbocycles. The van der Waals surface area contributed by atoms with Gasteiger partial charge in [0.1, 0.15) is 5.82 Å². The van der Waals surface area contributed by atoms with Crippen molar-refractivity contribution in [1.82, 2.24) is 9.78 Å². The molecule has 0 aliphatic heterocycles. The second-order valence-corrected chi connectivity index (χ2v) is 4.08. The number of benzene rings is 1. The second-order valence-electron chi connectivity index (χ2n) is 4.08. The van der Waals surface area contributed by atoms with E-state index in [9.17, 15) is 14.0 Å². The molecule has 1 aromatic carbocycles. The van der Waals surface area contributed by atoms with Crippen LogP contribution >= 0.6 is 0 Å². The number of aromatic nitrogens is 2. The van der Waals surface area contributed by atoms with Crippen LogP contribution in [0, 0.1) is 5.82 Å². The van der Waals surface area contributed by atoms with Crippen molar-refractivity contribution in [3.8, 4) is 5.69 Å². The largest absolute Gasteiger partial charge is 0.461 e. The molecular formula is C13H13FN4O3. The Hall–Kier alpha value is -2.90. The van der Waals surface area contributed by atoms with E-state index in [-0.39, 0.29) is 23.7 Å². The van der Waals surface area contributed by atoms with Crippen molar-refractivity contribution in [2.45, 2.75) is 6.92 Å². The quantitative estimate of drug-likeness (QED) is 0.812. The molecular weight excluding hydrogens is 279 g/mol. The fourth-order valence-corrected chi connectivity index (χ4v) is 1.78. The zero-order valence-corrected chi connectivity index (χ0v) is 11.2. The highest BCUT2D eigenvalue weighted by Crippen LogP contribution is 2.22. The molecule has 2 rings (SSSR count). The molecule has 0 unspecified atom stereocenters. The molecule has 7 nitrogen and oxygen atoms in total. The summed E-state index contributed by atoms with van der Waals surface area (Å²) in [5.41, 5.74) is 10.7. The van der Waals surface area contributed by atoms with Gasteiger partial charge in [0, 0.05) is 0 Å². The molecule has 0 atom stereocenters. The average molecular weight is 292 g/mol. The summed E-state index contributed by atoms with van der Waals surface area (Å²) in [6.07, 6.45) is 0. The van der Waals surface area contributed by atoms with Crippen molar-refractivity contribution >= 4 is 17.6 Å². The molecule has 0 bridgehead atoms. The number of primary amides is 1. The number of amides is 1. The van der Waals surface area contributed by atoms with Crippen LogP contribution < -0.4 is 11.5 Å². The molecule has 4 N–H and O–H groups in total. The third kappa shape index (κ3) is 2.69. The van der Waals surface area contributed by atoms with E-state index in [2.05, 4.69) is 5.10 Å². The van der Waals surface area contributed by atoms with Gasteiger partial charge in [0.2, 0.25) is 0 Å². The number of anilines is 1. The lowest BCUT2D eigenvalue weighted by Gasteiger charge is -2.07. The van der Waals surface area contributed by atoms with Crippen LogP contribution in [-0.2, 0) is 4.74 Å². The van der Waals surface area contributed by atoms with Gasteiger partial charge in [-0.25, -0.2) is 13.9 Å². The van der Waals surface area contributed by atoms with E-state index in [1.165, 1.54) is 24.3 Å². The molecule has 0 saturated heterocycles. The lowest BCUT2D eigenvalue weighted by molar-refractivity contribution is 0.0517. The van der Waals surface area contributed by atoms with E-state index >= 15 is 0 Å². The monoisotopic (exact) mass is 292 g/mol. The molecule has 0 radical (unpaired) electrons. The number of esters is 1. The summed E-state index contributed by atoms with van der Waals surface area (Å²) in [7, 11) is 0. The summed E-state index contributed by atoms with van der Waals surface area (Å²) < 4.78 is 19.0. The van der Waals surface area contributed by atoms with Crippen LogP contribution in [-0.4, -0.2) is 28.3 Å². The van der Waals surface area contributed by atoms with E-state index in [0.29, 0.717) is 5.69 Å². The van der Waals surface area contributed by atoms with Gasteiger partial charge in [-0.1, -0.05) is 0 Å². The fourth-order valence-electron chi connectivity index (χ4n) is 1.78. The maximum Gasteiger partial charge on any atom is 0.359 e. The summed E-state index contributed by atoms with van der Waals surface area (Å²) in [6.45, 7) is 1.75. The average Bonchev–Trinajstić information content (AvgIpc) is 2.77. The van der Waals surface area contributed by atoms with Crippen molar-refractivity contribution in [2.24, 2.45) is 5.73 Å². The number of rotatable bonds is 4. The molecule has 0 fully saturated rings. The topological polar surface area (TPSA) is 113 Å². The van der Waals surface area contributed by atoms with Gasteiger partial charge in [0.05, 0.1) is 18.0 Å². The van der Waals surface area contributed by atoms with Crippen LogP contribution in [0.2, 0.25) is 0 Å². The van der Waals surface area contributed by atoms with Crippen molar-refractivity contribution in [2.75, 3.05) is 12.3 Å². The number of ether oxygens (including phenoxy) is 1. The highest BCUT2D eigenvalue weighted by Gasteiger charge is 2.26. The number of nitrogen functional groups attached to an aromatic ring is 1. The first kappa shape index (κ1) is 14.5. The number of halogens is 1. The van der Waals surface area contributed by atoms with Crippen LogP contribution in [0.4, 0.5) is 10.1 Å². The molecule has 1 amide bonds. The Morgan fingerprint density at radius 1 is 1.33 bits per heavy atom. The second kappa shape index (κ2) is 5.61. The van der Waals surface area contributed by atoms with Crippen molar-refractivity contribution < 1.29 is 18.7 Å². The van der Waals surface area contributed by atoms with Gasteiger partial charge >= 0.3 is 5.97 Å². The maximum absolute atomic E-state index is 13.0. The zero-order valence-electron chi connectivity index (χ0n) is 11.2. The van der Waals surface area contributed by atoms with Gasteiger partial charge < -0.3 is 16.2 Å². The van der Waals surface area contributed by atoms with Crippen molar-refractivity contribution in [1.29, 1.82) is 0 Å². The Kier molecular flexibility index (Phi) is 3.88. The smallest absolute Gasteiger partial charge is 0.359 e. The molecule has 0 aliphatic carbocycles. The van der Waals surface area contributed by atoms with Crippen LogP contribution in [0.15, 0.2) is 24.3 Å². The predicted molar refractivity (Wildman–Crippen MR) is 72.4 cm³/mol. The normalized spacial score (nSPS) is 10.4. The summed E-state index contributed by atoms with van der Waals surface area (Å²) in [5, 5.41) is 3.91. The maximum atomic E-state index is 13.0. The molecule has 21 heavy (non-hydrogen) atoms. The minimum Gasteiger partial charge on any atom is -0.461 e. The lowest BCUT2D eigenvalue weighted by Crippen LogP contribution is -2.14. The summed E-state index contributed by atoms with van der Waals surface area (Å²) in [5.74, 6) is -2.08. The molecule has 1 aromatic heterocycles. The molecule has 0 aliphatic rings. The Morgan fingerprint density at radius 3 is 2.48 bits per heavy atom. The lowest BCUT2D eigenvalue weighted by atomic mass is 10.2. The summed E-state index contributed by atoms with van der Waals surface area (Å²) in [4.78, 5) is 23.3. The highest BCUT2D eigenvalue weighted by atomic mass is 19.1. The van der Waals surface area contributed by atoms with Crippen LogP contribution in [0.25, 0.3) is 5.69 Å². The molecule has 8 heteroatoms. The van der Waals surface area contributed by atoms with Gasteiger partial charge in [0.15, 0.2) is 11.4 Å². The Balaban J connectivity index is 2.63. The number of nitrogens with two attached hydrogens (primary N) is 2. The standard InChI is InChI=1S/C13H13FN4O3/c1-2-21-13(20)11-9(15)10(12(16)19)17-18(11)8-5-3-7(14)4-6-8/h3-6H,2,15H2,1H3,(H2,16,19). The Labute approximate surface area is 119 Å². The number of nitrogens with zero attached hydrogens (tertiary/aromatic N) is 2. The van der Waals surface area contributed by atoms with Gasteiger partial charge in [-0.05, 0) is 31.2 Å². The zero-order chi connectivity index (χ0) is 15.6. The van der Waals surface area contributed by atoms with Gasteiger partial charge in [-0.3, -0.25) is 4.79 Å². The van der Waals surface area contributed by atoms with Crippen LogP contribution in [0.5, 0.6) is 0 Å². The summed E-state index contributed by atoms with van der Waals surface area (Å²) in [6, 6.07) is 5.14. The number of carbonyl (C=O) groups excluding carboxylic acids is 2. The predicted octanol–water partition coefficient (Wildman–Crippen LogP) is 0.869. The van der Waals surface area contributed by atoms with Crippen molar-refractivity contribution in [3.63, 3.8) is 0 Å². The first-order valence-electron chi connectivity index (χ1n) is 6.07. The van der Waals surface area contributed by atoms with Crippen LogP contribution in [0.3, 0.4) is 0 Å². The third-order valence-corrected chi connectivity index (χ3v) is 2.70. The van der Waals surface area contributed by atoms with E-state index in [1.54, 1.807) is 6.92 Å². The van der Waals surface area contributed by atoms with Crippen molar-refractivity contribution in [3.05, 3.63) is 41.5 Å².